The minimum atomic E-state index is -0.470. The summed E-state index contributed by atoms with van der Waals surface area (Å²) in [5.41, 5.74) is 1.50. The van der Waals surface area contributed by atoms with Crippen molar-refractivity contribution in [3.8, 4) is 5.75 Å². The van der Waals surface area contributed by atoms with Crippen LogP contribution >= 0.6 is 11.6 Å². The highest BCUT2D eigenvalue weighted by atomic mass is 35.5. The van der Waals surface area contributed by atoms with E-state index in [9.17, 15) is 4.79 Å². The number of aryl methyl sites for hydroxylation is 1. The van der Waals surface area contributed by atoms with Crippen molar-refractivity contribution in [2.45, 2.75) is 38.1 Å². The molecule has 1 aromatic rings. The molecule has 0 aliphatic heterocycles. The van der Waals surface area contributed by atoms with Gasteiger partial charge in [-0.15, -0.1) is 0 Å². The molecular weight excluding hydrogens is 250 g/mol. The summed E-state index contributed by atoms with van der Waals surface area (Å²) in [5, 5.41) is 0.662. The topological polar surface area (TPSA) is 38.7 Å². The number of nitrogens with zero attached hydrogens (tertiary/aromatic N) is 1. The Morgan fingerprint density at radius 1 is 1.50 bits per heavy atom. The van der Waals surface area contributed by atoms with Gasteiger partial charge in [0.2, 0.25) is 6.08 Å². The van der Waals surface area contributed by atoms with E-state index in [4.69, 9.17) is 16.3 Å². The smallest absolute Gasteiger partial charge is 0.235 e. The number of hydrogen-bond acceptors (Lipinski definition) is 3. The van der Waals surface area contributed by atoms with Crippen molar-refractivity contribution in [3.63, 3.8) is 0 Å². The molecule has 3 nitrogen and oxygen atoms in total. The molecule has 1 fully saturated rings. The van der Waals surface area contributed by atoms with E-state index in [1.165, 1.54) is 0 Å². The van der Waals surface area contributed by atoms with Crippen LogP contribution in [0.15, 0.2) is 17.1 Å². The Labute approximate surface area is 112 Å². The summed E-state index contributed by atoms with van der Waals surface area (Å²) >= 11 is 6.15. The van der Waals surface area contributed by atoms with Crippen molar-refractivity contribution in [2.75, 3.05) is 7.11 Å². The van der Waals surface area contributed by atoms with Gasteiger partial charge in [-0.3, -0.25) is 0 Å². The number of carbonyl (C=O) groups excluding carboxylic acids is 1. The number of methoxy groups -OCH3 is 1. The van der Waals surface area contributed by atoms with E-state index in [0.717, 1.165) is 42.6 Å². The number of benzene rings is 1. The molecule has 1 aliphatic carbocycles. The summed E-state index contributed by atoms with van der Waals surface area (Å²) in [6.07, 6.45) is 5.28. The van der Waals surface area contributed by atoms with Gasteiger partial charge in [0.1, 0.15) is 11.3 Å². The molecule has 1 aliphatic rings. The Hall–Kier alpha value is -1.31. The van der Waals surface area contributed by atoms with Gasteiger partial charge in [0.25, 0.3) is 0 Å². The monoisotopic (exact) mass is 265 g/mol. The lowest BCUT2D eigenvalue weighted by molar-refractivity contribution is 0.245. The number of halogens is 1. The van der Waals surface area contributed by atoms with Crippen LogP contribution < -0.4 is 4.74 Å². The first kappa shape index (κ1) is 13.1. The van der Waals surface area contributed by atoms with Crippen LogP contribution in [0.2, 0.25) is 5.02 Å². The fraction of sp³-hybridized carbons (Fsp3) is 0.500. The maximum absolute atomic E-state index is 10.7. The summed E-state index contributed by atoms with van der Waals surface area (Å²) in [4.78, 5) is 14.7. The van der Waals surface area contributed by atoms with E-state index < -0.39 is 5.54 Å². The molecule has 0 unspecified atom stereocenters. The average Bonchev–Trinajstić information content (AvgIpc) is 2.32. The SMILES string of the molecule is CCc1cc(Cl)cc(C2(N=C=O)CCC2)c1OC. The van der Waals surface area contributed by atoms with Gasteiger partial charge < -0.3 is 4.74 Å². The molecule has 0 bridgehead atoms. The molecule has 4 heteroatoms. The highest BCUT2D eigenvalue weighted by molar-refractivity contribution is 6.30. The molecule has 0 aromatic heterocycles. The van der Waals surface area contributed by atoms with Crippen molar-refractivity contribution in [1.82, 2.24) is 0 Å². The minimum Gasteiger partial charge on any atom is -0.496 e. The Bertz CT molecular complexity index is 503. The van der Waals surface area contributed by atoms with Gasteiger partial charge in [0, 0.05) is 10.6 Å². The molecule has 0 N–H and O–H groups in total. The molecular formula is C14H16ClNO2. The fourth-order valence-corrected chi connectivity index (χ4v) is 2.78. The number of rotatable bonds is 4. The van der Waals surface area contributed by atoms with Crippen LogP contribution in [0.4, 0.5) is 0 Å². The predicted octanol–water partition coefficient (Wildman–Crippen LogP) is 3.63. The van der Waals surface area contributed by atoms with Crippen LogP contribution in [-0.2, 0) is 16.8 Å². The molecule has 0 saturated heterocycles. The quantitative estimate of drug-likeness (QED) is 0.616. The summed E-state index contributed by atoms with van der Waals surface area (Å²) in [6, 6.07) is 3.76. The normalized spacial score (nSPS) is 16.6. The van der Waals surface area contributed by atoms with Crippen molar-refractivity contribution in [2.24, 2.45) is 4.99 Å². The molecule has 0 radical (unpaired) electrons. The Kier molecular flexibility index (Phi) is 3.74. The molecule has 18 heavy (non-hydrogen) atoms. The maximum atomic E-state index is 10.7. The molecule has 1 aromatic carbocycles. The van der Waals surface area contributed by atoms with E-state index in [0.29, 0.717) is 5.02 Å². The lowest BCUT2D eigenvalue weighted by atomic mass is 9.71. The van der Waals surface area contributed by atoms with Gasteiger partial charge >= 0.3 is 0 Å². The summed E-state index contributed by atoms with van der Waals surface area (Å²) in [6.45, 7) is 2.05. The van der Waals surface area contributed by atoms with Gasteiger partial charge in [-0.25, -0.2) is 4.79 Å². The predicted molar refractivity (Wildman–Crippen MR) is 71.0 cm³/mol. The van der Waals surface area contributed by atoms with Gasteiger partial charge in [-0.05, 0) is 43.4 Å². The zero-order chi connectivity index (χ0) is 13.2. The van der Waals surface area contributed by atoms with E-state index >= 15 is 0 Å². The van der Waals surface area contributed by atoms with Crippen LogP contribution in [0.3, 0.4) is 0 Å². The van der Waals surface area contributed by atoms with Crippen molar-refractivity contribution in [3.05, 3.63) is 28.3 Å². The van der Waals surface area contributed by atoms with Gasteiger partial charge in [0.15, 0.2) is 0 Å². The standard InChI is InChI=1S/C14H16ClNO2/c1-3-10-7-11(15)8-12(13(10)18-2)14(16-9-17)5-4-6-14/h7-8H,3-6H2,1-2H3. The second kappa shape index (κ2) is 5.13. The molecule has 0 atom stereocenters. The van der Waals surface area contributed by atoms with Gasteiger partial charge in [-0.2, -0.15) is 4.99 Å². The van der Waals surface area contributed by atoms with E-state index in [1.54, 1.807) is 13.2 Å². The minimum absolute atomic E-state index is 0.470. The highest BCUT2D eigenvalue weighted by Crippen LogP contribution is 2.49. The molecule has 1 saturated carbocycles. The number of aliphatic imine (C=N–C) groups is 1. The number of ether oxygens (including phenoxy) is 1. The van der Waals surface area contributed by atoms with Crippen molar-refractivity contribution >= 4 is 17.7 Å². The zero-order valence-corrected chi connectivity index (χ0v) is 11.4. The second-order valence-corrected chi connectivity index (χ2v) is 5.02. The first-order valence-corrected chi connectivity index (χ1v) is 6.50. The Morgan fingerprint density at radius 2 is 2.22 bits per heavy atom. The van der Waals surface area contributed by atoms with Crippen LogP contribution in [0.5, 0.6) is 5.75 Å². The van der Waals surface area contributed by atoms with Crippen LogP contribution in [-0.4, -0.2) is 13.2 Å². The van der Waals surface area contributed by atoms with Gasteiger partial charge in [-0.1, -0.05) is 18.5 Å². The number of isocyanates is 1. The summed E-state index contributed by atoms with van der Waals surface area (Å²) in [5.74, 6) is 0.806. The fourth-order valence-electron chi connectivity index (χ4n) is 2.54. The van der Waals surface area contributed by atoms with E-state index in [-0.39, 0.29) is 0 Å². The Morgan fingerprint density at radius 3 is 2.67 bits per heavy atom. The third-order valence-corrected chi connectivity index (χ3v) is 3.88. The molecule has 2 rings (SSSR count). The maximum Gasteiger partial charge on any atom is 0.235 e. The molecule has 0 heterocycles. The van der Waals surface area contributed by atoms with Gasteiger partial charge in [0.05, 0.1) is 7.11 Å². The lowest BCUT2D eigenvalue weighted by Crippen LogP contribution is -2.32. The van der Waals surface area contributed by atoms with E-state index in [1.807, 2.05) is 12.1 Å². The molecule has 0 spiro atoms. The van der Waals surface area contributed by atoms with Crippen molar-refractivity contribution < 1.29 is 9.53 Å². The first-order valence-electron chi connectivity index (χ1n) is 6.13. The largest absolute Gasteiger partial charge is 0.496 e. The Balaban J connectivity index is 2.61. The van der Waals surface area contributed by atoms with Crippen LogP contribution in [0, 0.1) is 0 Å². The third kappa shape index (κ3) is 2.05. The van der Waals surface area contributed by atoms with E-state index in [2.05, 4.69) is 11.9 Å². The average molecular weight is 266 g/mol. The number of hydrogen-bond donors (Lipinski definition) is 0. The van der Waals surface area contributed by atoms with Crippen LogP contribution in [0.25, 0.3) is 0 Å². The lowest BCUT2D eigenvalue weighted by Gasteiger charge is -2.38. The third-order valence-electron chi connectivity index (χ3n) is 3.66. The summed E-state index contributed by atoms with van der Waals surface area (Å²) in [7, 11) is 1.64. The zero-order valence-electron chi connectivity index (χ0n) is 10.6. The molecule has 96 valence electrons. The summed E-state index contributed by atoms with van der Waals surface area (Å²) < 4.78 is 5.50. The first-order chi connectivity index (χ1) is 8.66. The van der Waals surface area contributed by atoms with Crippen LogP contribution in [0.1, 0.15) is 37.3 Å². The highest BCUT2D eigenvalue weighted by Gasteiger charge is 2.41. The molecule has 0 amide bonds. The van der Waals surface area contributed by atoms with Crippen molar-refractivity contribution in [1.29, 1.82) is 0 Å². The second-order valence-electron chi connectivity index (χ2n) is 4.59.